The maximum Gasteiger partial charge on any atom is 0.335 e. The number of anilines is 2. The monoisotopic (exact) mass is 843 g/mol. The van der Waals surface area contributed by atoms with E-state index in [2.05, 4.69) is 34.2 Å². The molecular weight excluding hydrogens is 787 g/mol. The molecule has 0 saturated heterocycles. The Morgan fingerprint density at radius 3 is 1.41 bits per heavy atom. The van der Waals surface area contributed by atoms with Crippen LogP contribution in [0.15, 0.2) is 109 Å². The Morgan fingerprint density at radius 2 is 1.00 bits per heavy atom. The van der Waals surface area contributed by atoms with Gasteiger partial charge in [-0.2, -0.15) is 0 Å². The fourth-order valence-corrected chi connectivity index (χ4v) is 8.02. The van der Waals surface area contributed by atoms with Crippen LogP contribution in [0.3, 0.4) is 0 Å². The van der Waals surface area contributed by atoms with Crippen LogP contribution >= 0.6 is 0 Å². The smallest absolute Gasteiger partial charge is 0.335 e. The molecule has 0 fully saturated rings. The van der Waals surface area contributed by atoms with E-state index in [1.807, 2.05) is 124 Å². The summed E-state index contributed by atoms with van der Waals surface area (Å²) in [6.07, 6.45) is 3.97. The summed E-state index contributed by atoms with van der Waals surface area (Å²) in [5, 5.41) is 8.94. The van der Waals surface area contributed by atoms with Crippen molar-refractivity contribution in [2.75, 3.05) is 22.9 Å². The molecule has 6 aromatic rings. The lowest BCUT2D eigenvalue weighted by Gasteiger charge is -2.16. The number of aromatic carboxylic acids is 1. The van der Waals surface area contributed by atoms with Gasteiger partial charge in [0.15, 0.2) is 5.78 Å². The molecule has 0 radical (unpaired) electrons. The number of pyridine rings is 2. The van der Waals surface area contributed by atoms with Crippen LogP contribution in [0.1, 0.15) is 98.9 Å². The number of nitrogens with zero attached hydrogens (tertiary/aromatic N) is 4. The standard InChI is InChI=1S/C27H28N2O2.C18H17NO3.C8H12N2/c1-4-27(31)29-16-15-24-17-23(11-13-25(24)29)21-7-9-22(10-8-21)26(30)14-12-20-6-5-18(2)28-19(20)3;1-2-17(20)19-10-9-15-11-14(7-8-16(15)19)12-3-5-13(6-4-12)18(21)22;1-6-3-4-8(5-9)7(2)10-6/h5-11,13,17H,4,12,14-16H2,1-3H3;3-8,11H,2,9-10H2,1H3,(H,21,22);3-4H,5,9H2,1-2H3. The van der Waals surface area contributed by atoms with E-state index in [-0.39, 0.29) is 23.2 Å². The van der Waals surface area contributed by atoms with Crippen molar-refractivity contribution < 1.29 is 24.3 Å². The topological polar surface area (TPSA) is 147 Å². The van der Waals surface area contributed by atoms with Crippen molar-refractivity contribution in [1.82, 2.24) is 9.97 Å². The van der Waals surface area contributed by atoms with E-state index >= 15 is 0 Å². The van der Waals surface area contributed by atoms with Crippen molar-refractivity contribution in [3.63, 3.8) is 0 Å². The summed E-state index contributed by atoms with van der Waals surface area (Å²) < 4.78 is 0. The second kappa shape index (κ2) is 20.9. The predicted molar refractivity (Wildman–Crippen MR) is 251 cm³/mol. The molecule has 0 saturated carbocycles. The minimum Gasteiger partial charge on any atom is -0.478 e. The second-order valence-corrected chi connectivity index (χ2v) is 16.0. The molecule has 0 spiro atoms. The van der Waals surface area contributed by atoms with Crippen molar-refractivity contribution in [3.05, 3.63) is 165 Å². The Labute approximate surface area is 370 Å². The Bertz CT molecular complexity index is 2620. The zero-order valence-corrected chi connectivity index (χ0v) is 37.2. The molecule has 10 nitrogen and oxygen atoms in total. The van der Waals surface area contributed by atoms with E-state index in [4.69, 9.17) is 10.8 Å². The van der Waals surface area contributed by atoms with Crippen molar-refractivity contribution in [2.45, 2.75) is 86.6 Å². The van der Waals surface area contributed by atoms with Crippen LogP contribution in [0.4, 0.5) is 11.4 Å². The highest BCUT2D eigenvalue weighted by Crippen LogP contribution is 2.34. The number of rotatable bonds is 10. The number of nitrogens with two attached hydrogens (primary N) is 1. The third-order valence-electron chi connectivity index (χ3n) is 11.7. The molecule has 4 heterocycles. The van der Waals surface area contributed by atoms with Crippen LogP contribution < -0.4 is 15.5 Å². The van der Waals surface area contributed by atoms with Gasteiger partial charge in [-0.1, -0.05) is 74.5 Å². The first-order valence-corrected chi connectivity index (χ1v) is 21.7. The zero-order valence-electron chi connectivity index (χ0n) is 37.2. The maximum absolute atomic E-state index is 12.7. The number of hydrogen-bond donors (Lipinski definition) is 2. The number of fused-ring (bicyclic) bond motifs is 2. The first kappa shape index (κ1) is 45.7. The quantitative estimate of drug-likeness (QED) is 0.130. The fourth-order valence-electron chi connectivity index (χ4n) is 8.02. The van der Waals surface area contributed by atoms with Crippen LogP contribution in [-0.2, 0) is 35.4 Å². The molecule has 0 atom stereocenters. The van der Waals surface area contributed by atoms with Gasteiger partial charge in [-0.15, -0.1) is 0 Å². The minimum atomic E-state index is -0.922. The number of carboxylic acids is 1. The molecule has 2 aliphatic heterocycles. The third kappa shape index (κ3) is 11.2. The number of amides is 2. The second-order valence-electron chi connectivity index (χ2n) is 16.0. The predicted octanol–water partition coefficient (Wildman–Crippen LogP) is 9.99. The summed E-state index contributed by atoms with van der Waals surface area (Å²) in [6.45, 7) is 13.8. The van der Waals surface area contributed by atoms with E-state index in [1.165, 1.54) is 11.1 Å². The van der Waals surface area contributed by atoms with E-state index in [0.717, 1.165) is 99.0 Å². The molecular formula is C53H57N5O5. The lowest BCUT2D eigenvalue weighted by Crippen LogP contribution is -2.27. The molecule has 63 heavy (non-hydrogen) atoms. The van der Waals surface area contributed by atoms with Crippen LogP contribution in [-0.4, -0.2) is 51.7 Å². The largest absolute Gasteiger partial charge is 0.478 e. The lowest BCUT2D eigenvalue weighted by molar-refractivity contribution is -0.119. The number of hydrogen-bond acceptors (Lipinski definition) is 7. The van der Waals surface area contributed by atoms with Crippen LogP contribution in [0.25, 0.3) is 22.3 Å². The third-order valence-corrected chi connectivity index (χ3v) is 11.7. The normalized spacial score (nSPS) is 12.4. The first-order chi connectivity index (χ1) is 30.3. The van der Waals surface area contributed by atoms with E-state index in [0.29, 0.717) is 32.2 Å². The highest BCUT2D eigenvalue weighted by molar-refractivity contribution is 5.98. The molecule has 2 aliphatic rings. The summed E-state index contributed by atoms with van der Waals surface area (Å²) >= 11 is 0. The maximum atomic E-state index is 12.7. The number of Topliss-reactive ketones (excluding diaryl/α,β-unsaturated/α-hetero) is 1. The summed E-state index contributed by atoms with van der Waals surface area (Å²) in [5.41, 5.74) is 21.5. The number of carbonyl (C=O) groups is 4. The van der Waals surface area contributed by atoms with E-state index in [9.17, 15) is 19.2 Å². The Hall–Kier alpha value is -6.78. The van der Waals surface area contributed by atoms with Gasteiger partial charge in [-0.3, -0.25) is 24.4 Å². The van der Waals surface area contributed by atoms with E-state index < -0.39 is 5.97 Å². The Morgan fingerprint density at radius 1 is 0.571 bits per heavy atom. The number of carboxylic acid groups (broad SMARTS) is 1. The van der Waals surface area contributed by atoms with Crippen LogP contribution in [0.2, 0.25) is 0 Å². The van der Waals surface area contributed by atoms with Crippen molar-refractivity contribution in [1.29, 1.82) is 0 Å². The fraction of sp³-hybridized carbons (Fsp3) is 0.283. The summed E-state index contributed by atoms with van der Waals surface area (Å²) in [4.78, 5) is 60.0. The molecule has 2 amide bonds. The van der Waals surface area contributed by atoms with Crippen molar-refractivity contribution in [2.24, 2.45) is 5.73 Å². The highest BCUT2D eigenvalue weighted by atomic mass is 16.4. The average molecular weight is 844 g/mol. The van der Waals surface area contributed by atoms with Gasteiger partial charge < -0.3 is 20.6 Å². The van der Waals surface area contributed by atoms with Gasteiger partial charge in [0.25, 0.3) is 0 Å². The number of aryl methyl sites for hydroxylation is 5. The average Bonchev–Trinajstić information content (AvgIpc) is 3.93. The molecule has 0 bridgehead atoms. The summed E-state index contributed by atoms with van der Waals surface area (Å²) in [7, 11) is 0. The number of ketones is 1. The lowest BCUT2D eigenvalue weighted by atomic mass is 9.98. The molecule has 8 rings (SSSR count). The van der Waals surface area contributed by atoms with Crippen molar-refractivity contribution in [3.8, 4) is 22.3 Å². The molecule has 3 N–H and O–H groups in total. The van der Waals surface area contributed by atoms with Gasteiger partial charge in [-0.25, -0.2) is 4.79 Å². The van der Waals surface area contributed by atoms with Gasteiger partial charge >= 0.3 is 5.97 Å². The van der Waals surface area contributed by atoms with Gasteiger partial charge in [0.05, 0.1) is 5.56 Å². The van der Waals surface area contributed by atoms with Gasteiger partial charge in [0, 0.05) is 78.6 Å². The van der Waals surface area contributed by atoms with Gasteiger partial charge in [0.2, 0.25) is 11.8 Å². The SMILES string of the molecule is CCC(=O)N1CCc2cc(-c3ccc(C(=O)CCc4ccc(C)nc4C)cc3)ccc21.CCC(=O)N1CCc2cc(-c3ccc(C(=O)O)cc3)ccc21.Cc1ccc(CN)c(C)n1. The highest BCUT2D eigenvalue weighted by Gasteiger charge is 2.25. The zero-order chi connectivity index (χ0) is 45.2. The number of benzene rings is 4. The Kier molecular flexibility index (Phi) is 15.1. The van der Waals surface area contributed by atoms with Crippen LogP contribution in [0.5, 0.6) is 0 Å². The van der Waals surface area contributed by atoms with Crippen molar-refractivity contribution >= 4 is 34.9 Å². The molecule has 324 valence electrons. The molecule has 2 aromatic heterocycles. The summed E-state index contributed by atoms with van der Waals surface area (Å²) in [6, 6.07) is 35.1. The molecule has 0 aliphatic carbocycles. The van der Waals surface area contributed by atoms with E-state index in [1.54, 1.807) is 12.1 Å². The molecule has 4 aromatic carbocycles. The summed E-state index contributed by atoms with van der Waals surface area (Å²) in [5.74, 6) is -0.452. The Balaban J connectivity index is 0.000000178. The molecule has 10 heteroatoms. The van der Waals surface area contributed by atoms with Gasteiger partial charge in [-0.05, 0) is 140 Å². The molecule has 0 unspecified atom stereocenters. The first-order valence-electron chi connectivity index (χ1n) is 21.7. The van der Waals surface area contributed by atoms with Crippen LogP contribution in [0, 0.1) is 27.7 Å². The number of aromatic nitrogens is 2. The number of carbonyl (C=O) groups excluding carboxylic acids is 3. The minimum absolute atomic E-state index is 0.147. The van der Waals surface area contributed by atoms with Gasteiger partial charge in [0.1, 0.15) is 0 Å².